The van der Waals surface area contributed by atoms with Crippen molar-refractivity contribution >= 4 is 26.5 Å². The molecule has 0 bridgehead atoms. The average Bonchev–Trinajstić information content (AvgIpc) is 3.29. The van der Waals surface area contributed by atoms with Crippen LogP contribution in [0.5, 0.6) is 0 Å². The summed E-state index contributed by atoms with van der Waals surface area (Å²) in [4.78, 5) is 13.8. The van der Waals surface area contributed by atoms with Crippen molar-refractivity contribution in [1.29, 1.82) is 0 Å². The maximum Gasteiger partial charge on any atom is 0.339 e. The van der Waals surface area contributed by atoms with Gasteiger partial charge in [-0.1, -0.05) is 18.1 Å². The molecule has 1 unspecified atom stereocenters. The minimum atomic E-state index is -0.584. The summed E-state index contributed by atoms with van der Waals surface area (Å²) in [5.74, 6) is 5.78. The molecule has 1 heterocycles. The van der Waals surface area contributed by atoms with Gasteiger partial charge in [0.15, 0.2) is 15.2 Å². The van der Waals surface area contributed by atoms with Gasteiger partial charge in [0, 0.05) is 21.9 Å². The summed E-state index contributed by atoms with van der Waals surface area (Å²) in [6, 6.07) is 18.5. The molecule has 3 aromatic rings. The minimum Gasteiger partial charge on any atom is -0.442 e. The van der Waals surface area contributed by atoms with Gasteiger partial charge in [-0.25, -0.2) is 4.79 Å². The van der Waals surface area contributed by atoms with E-state index in [1.54, 1.807) is 6.92 Å². The van der Waals surface area contributed by atoms with E-state index in [4.69, 9.17) is 4.74 Å². The van der Waals surface area contributed by atoms with Crippen molar-refractivity contribution in [1.82, 2.24) is 0 Å². The molecule has 1 aliphatic carbocycles. The molecule has 4 rings (SSSR count). The molecule has 2 aromatic carbocycles. The molecule has 2 nitrogen and oxygen atoms in total. The molecule has 3 heteroatoms. The molecule has 1 saturated carbocycles. The number of esters is 1. The van der Waals surface area contributed by atoms with Crippen LogP contribution in [0, 0.1) is 11.8 Å². The normalized spacial score (nSPS) is 16.1. The summed E-state index contributed by atoms with van der Waals surface area (Å²) < 4.78 is 7.16. The number of rotatable bonds is 3. The Labute approximate surface area is 156 Å². The van der Waals surface area contributed by atoms with E-state index in [1.807, 2.05) is 24.3 Å². The maximum absolute atomic E-state index is 12.6. The molecular weight excluding hydrogens is 340 g/mol. The van der Waals surface area contributed by atoms with Crippen molar-refractivity contribution in [3.63, 3.8) is 0 Å². The number of hydrogen-bond donors (Lipinski definition) is 0. The highest BCUT2D eigenvalue weighted by Crippen LogP contribution is 2.39. The summed E-state index contributed by atoms with van der Waals surface area (Å²) in [6.45, 7) is 1.80. The summed E-state index contributed by atoms with van der Waals surface area (Å²) >= 11 is 0. The van der Waals surface area contributed by atoms with Gasteiger partial charge in [0.05, 0.1) is 5.56 Å². The lowest BCUT2D eigenvalue weighted by molar-refractivity contribution is 0.0103. The molecule has 1 aromatic heterocycles. The largest absolute Gasteiger partial charge is 0.442 e. The standard InChI is InChI=1S/C23H21O2S/c1-2-14-23(15-5-6-16-23)25-22(24)19-9-11-20(12-10-19)26-17-13-18-7-3-4-8-21(18)26/h3-4,7-13,17H,5-6,15-16H2,1H3/q+1. The van der Waals surface area contributed by atoms with Crippen LogP contribution in [0.1, 0.15) is 43.0 Å². The fourth-order valence-corrected chi connectivity index (χ4v) is 5.52. The Hall–Kier alpha value is -2.57. The van der Waals surface area contributed by atoms with Crippen molar-refractivity contribution in [2.45, 2.75) is 38.2 Å². The number of thiophene rings is 1. The van der Waals surface area contributed by atoms with E-state index in [2.05, 4.69) is 47.6 Å². The average molecular weight is 361 g/mol. The number of hydrogen-bond acceptors (Lipinski definition) is 2. The van der Waals surface area contributed by atoms with Crippen LogP contribution in [0.3, 0.4) is 0 Å². The smallest absolute Gasteiger partial charge is 0.339 e. The third-order valence-corrected chi connectivity index (χ3v) is 6.97. The molecule has 0 amide bonds. The van der Waals surface area contributed by atoms with Crippen LogP contribution in [0.25, 0.3) is 15.0 Å². The zero-order chi connectivity index (χ0) is 18.0. The quantitative estimate of drug-likeness (QED) is 0.321. The van der Waals surface area contributed by atoms with Crippen LogP contribution in [-0.2, 0) is 4.74 Å². The van der Waals surface area contributed by atoms with Crippen LogP contribution in [0.15, 0.2) is 60.0 Å². The first-order valence-corrected chi connectivity index (χ1v) is 10.3. The Bertz CT molecular complexity index is 996. The van der Waals surface area contributed by atoms with Gasteiger partial charge in [0.25, 0.3) is 0 Å². The number of carbonyl (C=O) groups is 1. The zero-order valence-electron chi connectivity index (χ0n) is 14.8. The number of ether oxygens (including phenoxy) is 1. The van der Waals surface area contributed by atoms with Crippen LogP contribution >= 0.6 is 10.5 Å². The van der Waals surface area contributed by atoms with E-state index < -0.39 is 5.60 Å². The number of fused-ring (bicyclic) bond motifs is 1. The van der Waals surface area contributed by atoms with E-state index in [1.165, 1.54) is 15.0 Å². The second kappa shape index (κ2) is 6.97. The first-order valence-electron chi connectivity index (χ1n) is 8.98. The Morgan fingerprint density at radius 3 is 2.50 bits per heavy atom. The summed E-state index contributed by atoms with van der Waals surface area (Å²) in [5, 5.41) is 3.52. The fraction of sp³-hybridized carbons (Fsp3) is 0.261. The third kappa shape index (κ3) is 3.13. The Balaban J connectivity index is 1.57. The highest BCUT2D eigenvalue weighted by Gasteiger charge is 2.36. The summed E-state index contributed by atoms with van der Waals surface area (Å²) in [6.07, 6.45) is 3.80. The first kappa shape index (κ1) is 16.9. The molecule has 1 aliphatic rings. The topological polar surface area (TPSA) is 26.3 Å². The zero-order valence-corrected chi connectivity index (χ0v) is 15.6. The van der Waals surface area contributed by atoms with Gasteiger partial charge >= 0.3 is 5.97 Å². The highest BCUT2D eigenvalue weighted by molar-refractivity contribution is 7.43. The van der Waals surface area contributed by atoms with Crippen molar-refractivity contribution in [2.75, 3.05) is 0 Å². The van der Waals surface area contributed by atoms with E-state index in [0.717, 1.165) is 25.7 Å². The number of carbonyl (C=O) groups excluding carboxylic acids is 1. The van der Waals surface area contributed by atoms with E-state index >= 15 is 0 Å². The molecule has 0 saturated heterocycles. The van der Waals surface area contributed by atoms with Crippen LogP contribution in [0.4, 0.5) is 0 Å². The van der Waals surface area contributed by atoms with Gasteiger partial charge in [-0.2, -0.15) is 0 Å². The van der Waals surface area contributed by atoms with E-state index in [9.17, 15) is 4.79 Å². The second-order valence-electron chi connectivity index (χ2n) is 6.67. The lowest BCUT2D eigenvalue weighted by Gasteiger charge is -2.23. The Morgan fingerprint density at radius 2 is 1.77 bits per heavy atom. The molecule has 130 valence electrons. The summed E-state index contributed by atoms with van der Waals surface area (Å²) in [7, 11) is -0.0574. The predicted molar refractivity (Wildman–Crippen MR) is 108 cm³/mol. The molecule has 0 aliphatic heterocycles. The SMILES string of the molecule is CC#CC1(OC(=O)c2ccc(-[s+]3ccc4ccccc43)cc2)CCCC1. The Kier molecular flexibility index (Phi) is 4.53. The molecule has 0 radical (unpaired) electrons. The van der Waals surface area contributed by atoms with Crippen molar-refractivity contribution in [3.05, 3.63) is 65.5 Å². The first-order chi connectivity index (χ1) is 12.7. The molecular formula is C23H21O2S+. The van der Waals surface area contributed by atoms with E-state index in [0.29, 0.717) is 5.56 Å². The van der Waals surface area contributed by atoms with Gasteiger partial charge in [-0.15, -0.1) is 5.92 Å². The molecule has 26 heavy (non-hydrogen) atoms. The fourth-order valence-electron chi connectivity index (χ4n) is 3.64. The molecule has 0 spiro atoms. The van der Waals surface area contributed by atoms with Gasteiger partial charge < -0.3 is 4.74 Å². The van der Waals surface area contributed by atoms with Crippen LogP contribution in [-0.4, -0.2) is 11.6 Å². The lowest BCUT2D eigenvalue weighted by atomic mass is 10.0. The minimum absolute atomic E-state index is 0.0574. The Morgan fingerprint density at radius 1 is 1.04 bits per heavy atom. The van der Waals surface area contributed by atoms with Crippen molar-refractivity contribution in [2.24, 2.45) is 0 Å². The third-order valence-electron chi connectivity index (χ3n) is 4.94. The summed E-state index contributed by atoms with van der Waals surface area (Å²) in [5.41, 5.74) is 0.0114. The van der Waals surface area contributed by atoms with Gasteiger partial charge in [-0.3, -0.25) is 0 Å². The van der Waals surface area contributed by atoms with Crippen molar-refractivity contribution in [3.8, 4) is 16.7 Å². The monoisotopic (exact) mass is 361 g/mol. The van der Waals surface area contributed by atoms with Crippen molar-refractivity contribution < 1.29 is 9.53 Å². The molecule has 1 fully saturated rings. The van der Waals surface area contributed by atoms with E-state index in [-0.39, 0.29) is 16.4 Å². The van der Waals surface area contributed by atoms with Crippen LogP contribution < -0.4 is 0 Å². The van der Waals surface area contributed by atoms with Gasteiger partial charge in [0.1, 0.15) is 5.38 Å². The van der Waals surface area contributed by atoms with Crippen LogP contribution in [0.2, 0.25) is 0 Å². The van der Waals surface area contributed by atoms with Gasteiger partial charge in [-0.05, 0) is 69.0 Å². The highest BCUT2D eigenvalue weighted by atomic mass is 32.2. The lowest BCUT2D eigenvalue weighted by Crippen LogP contribution is -2.30. The number of benzene rings is 2. The second-order valence-corrected chi connectivity index (χ2v) is 8.53. The maximum atomic E-state index is 12.6. The molecule has 0 N–H and O–H groups in total. The van der Waals surface area contributed by atoms with Gasteiger partial charge in [0.2, 0.25) is 0 Å². The predicted octanol–water partition coefficient (Wildman–Crippen LogP) is 6.07. The molecule has 1 atom stereocenters.